The normalized spacial score (nSPS) is 5.71. The summed E-state index contributed by atoms with van der Waals surface area (Å²) in [4.78, 5) is 42.1. The Hall–Kier alpha value is -2.65. The van der Waals surface area contributed by atoms with Crippen LogP contribution in [0.3, 0.4) is 0 Å². The second kappa shape index (κ2) is 30.4. The molecule has 8 N–H and O–H groups in total. The van der Waals surface area contributed by atoms with Crippen LogP contribution in [0.25, 0.3) is 0 Å². The maximum absolute atomic E-state index is 8.47. The van der Waals surface area contributed by atoms with Crippen LogP contribution in [0.1, 0.15) is 0 Å². The van der Waals surface area contributed by atoms with E-state index in [-0.39, 0.29) is 40.8 Å². The summed E-state index contributed by atoms with van der Waals surface area (Å²) in [6, 6.07) is 0. The number of hydrogen-bond acceptors (Lipinski definition) is 7. The fourth-order valence-electron chi connectivity index (χ4n) is 0. The molecular weight excluding hydrogens is 454 g/mol. The molecule has 0 aliphatic rings. The molecule has 0 radical (unpaired) electrons. The van der Waals surface area contributed by atoms with E-state index in [2.05, 4.69) is 0 Å². The molecule has 0 bridgehead atoms. The summed E-state index contributed by atoms with van der Waals surface area (Å²) >= 11 is 0. The van der Waals surface area contributed by atoms with E-state index in [1.54, 1.807) is 0 Å². The van der Waals surface area contributed by atoms with Crippen molar-refractivity contribution >= 4 is 0 Å². The van der Waals surface area contributed by atoms with Gasteiger partial charge in [0, 0.05) is 40.8 Å². The zero-order valence-electron chi connectivity index (χ0n) is 9.17. The van der Waals surface area contributed by atoms with Crippen LogP contribution in [0.2, 0.25) is 0 Å². The second-order valence-corrected chi connectivity index (χ2v) is 1.23. The third-order valence-electron chi connectivity index (χ3n) is 0. The third kappa shape index (κ3) is 582. The van der Waals surface area contributed by atoms with Crippen molar-refractivity contribution in [2.24, 2.45) is 0 Å². The van der Waals surface area contributed by atoms with Gasteiger partial charge in [-0.25, -0.2) is 31.2 Å². The molecule has 0 saturated carbocycles. The second-order valence-electron chi connectivity index (χ2n) is 1.23. The fourth-order valence-corrected chi connectivity index (χ4v) is 0. The molecule has 21 heavy (non-hydrogen) atoms. The van der Waals surface area contributed by atoms with Crippen LogP contribution >= 0.6 is 0 Å². The molecule has 0 heterocycles. The van der Waals surface area contributed by atoms with Gasteiger partial charge in [0.2, 0.25) is 0 Å². The van der Waals surface area contributed by atoms with Gasteiger partial charge in [-0.2, -0.15) is 0 Å². The molecule has 0 fully saturated rings. The minimum atomic E-state index is -1.50. The zero-order chi connectivity index (χ0) is 17.9. The van der Waals surface area contributed by atoms with Gasteiger partial charge in [-0.05, 0) is 0 Å². The molecule has 124 valence electrons. The minimum absolute atomic E-state index is 0. The van der Waals surface area contributed by atoms with Gasteiger partial charge in [-0.15, -0.1) is 20.2 Å². The molecule has 20 nitrogen and oxygen atoms in total. The Morgan fingerprint density at radius 1 is 0.476 bits per heavy atom. The molecule has 0 unspecified atom stereocenters. The van der Waals surface area contributed by atoms with Gasteiger partial charge < -0.3 is 10.4 Å². The summed E-state index contributed by atoms with van der Waals surface area (Å²) in [5, 5.41) is 64.9. The predicted molar refractivity (Wildman–Crippen MR) is 39.2 cm³/mol. The van der Waals surface area contributed by atoms with Gasteiger partial charge in [0.25, 0.3) is 10.2 Å². The Labute approximate surface area is 142 Å². The Balaban J connectivity index is -0.0000000331. The first-order chi connectivity index (χ1) is 8.66. The van der Waals surface area contributed by atoms with Crippen LogP contribution < -0.4 is 0 Å². The molecule has 0 spiro atoms. The van der Waals surface area contributed by atoms with Gasteiger partial charge in [-0.1, -0.05) is 0 Å². The van der Waals surface area contributed by atoms with Crippen molar-refractivity contribution in [2.75, 3.05) is 0 Å². The number of nitrogens with zero attached hydrogens (tertiary/aromatic N) is 5. The van der Waals surface area contributed by atoms with Crippen molar-refractivity contribution in [3.8, 4) is 0 Å². The fraction of sp³-hybridized carbons (Fsp3) is 0. The minimum Gasteiger partial charge on any atom is -0.328 e. The summed E-state index contributed by atoms with van der Waals surface area (Å²) < 4.78 is 0. The first-order valence-corrected chi connectivity index (χ1v) is 2.88. The Morgan fingerprint density at radius 2 is 0.476 bits per heavy atom. The van der Waals surface area contributed by atoms with E-state index in [0.29, 0.717) is 0 Å². The Morgan fingerprint density at radius 3 is 0.476 bits per heavy atom. The van der Waals surface area contributed by atoms with Gasteiger partial charge in [-0.3, -0.25) is 0 Å². The standard InChI is InChI=1S/3H2NO3.2HNO3.Nd/c5*2-1(3)4;/h3*(H2,2,3,4);2*(H,2,3,4);/q3*+1;;;. The van der Waals surface area contributed by atoms with Gasteiger partial charge >= 0.3 is 15.3 Å². The van der Waals surface area contributed by atoms with E-state index in [4.69, 9.17) is 76.6 Å². The van der Waals surface area contributed by atoms with Crippen molar-refractivity contribution in [2.45, 2.75) is 0 Å². The van der Waals surface area contributed by atoms with E-state index in [0.717, 1.165) is 0 Å². The number of rotatable bonds is 0. The topological polar surface area (TPSA) is 308 Å². The van der Waals surface area contributed by atoms with Crippen molar-refractivity contribution in [1.82, 2.24) is 0 Å². The molecule has 21 heteroatoms. The van der Waals surface area contributed by atoms with Crippen LogP contribution in [0.15, 0.2) is 0 Å². The maximum Gasteiger partial charge on any atom is 0.472 e. The average molecular weight is 462 g/mol. The molecule has 0 aromatic carbocycles. The van der Waals surface area contributed by atoms with E-state index >= 15 is 0 Å². The first-order valence-electron chi connectivity index (χ1n) is 2.88. The molecule has 0 aromatic heterocycles. The van der Waals surface area contributed by atoms with Gasteiger partial charge in [0.05, 0.1) is 0 Å². The molecule has 0 saturated heterocycles. The van der Waals surface area contributed by atoms with Gasteiger partial charge in [0.15, 0.2) is 0 Å². The molecule has 0 aliphatic heterocycles. The van der Waals surface area contributed by atoms with E-state index in [1.165, 1.54) is 0 Å². The van der Waals surface area contributed by atoms with Crippen molar-refractivity contribution in [3.63, 3.8) is 0 Å². The maximum atomic E-state index is 8.47. The van der Waals surface area contributed by atoms with E-state index in [9.17, 15) is 0 Å². The summed E-state index contributed by atoms with van der Waals surface area (Å²) in [5.41, 5.74) is 0. The van der Waals surface area contributed by atoms with Crippen molar-refractivity contribution in [1.29, 1.82) is 0 Å². The van der Waals surface area contributed by atoms with Crippen LogP contribution in [-0.4, -0.2) is 67.1 Å². The molecule has 0 atom stereocenters. The Kier molecular flexibility index (Phi) is 52.4. The van der Waals surface area contributed by atoms with Gasteiger partial charge in [0.1, 0.15) is 14.7 Å². The zero-order valence-corrected chi connectivity index (χ0v) is 12.4. The van der Waals surface area contributed by atoms with Crippen LogP contribution in [0.5, 0.6) is 0 Å². The van der Waals surface area contributed by atoms with Crippen LogP contribution in [0, 0.1) is 75.8 Å². The average Bonchev–Trinajstić information content (AvgIpc) is 1.94. The summed E-state index contributed by atoms with van der Waals surface area (Å²) in [7, 11) is 0. The van der Waals surface area contributed by atoms with Crippen molar-refractivity contribution in [3.05, 3.63) is 34.9 Å². The SMILES string of the molecule is O=[N+](O)O.O=[N+](O)O.O=[N+](O)O.O=[N+]([O-])O.O=[N+]([O-])O.[Nd]. The molecular formula is H8N5NdO15+3. The summed E-state index contributed by atoms with van der Waals surface area (Å²) in [6.45, 7) is 0. The predicted octanol–water partition coefficient (Wildman–Crippen LogP) is -2.06. The number of hydrogen-bond donors (Lipinski definition) is 8. The van der Waals surface area contributed by atoms with E-state index in [1.807, 2.05) is 0 Å². The molecule has 0 rings (SSSR count). The smallest absolute Gasteiger partial charge is 0.328 e. The Bertz CT molecular complexity index is 207. The molecule has 0 aromatic rings. The van der Waals surface area contributed by atoms with Crippen LogP contribution in [-0.2, 0) is 0 Å². The largest absolute Gasteiger partial charge is 0.472 e. The monoisotopic (exact) mass is 460 g/mol. The van der Waals surface area contributed by atoms with Crippen LogP contribution in [0.4, 0.5) is 0 Å². The third-order valence-corrected chi connectivity index (χ3v) is 0. The van der Waals surface area contributed by atoms with Crippen molar-refractivity contribution < 1.29 is 108 Å². The molecule has 0 aliphatic carbocycles. The first kappa shape index (κ1) is 36.2. The summed E-state index contributed by atoms with van der Waals surface area (Å²) in [6.07, 6.45) is 0. The quantitative estimate of drug-likeness (QED) is 0.142. The van der Waals surface area contributed by atoms with E-state index < -0.39 is 25.4 Å². The summed E-state index contributed by atoms with van der Waals surface area (Å²) in [5.74, 6) is 0. The molecule has 0 amide bonds.